The molecule has 1 aliphatic rings. The third kappa shape index (κ3) is 6.36. The van der Waals surface area contributed by atoms with Gasteiger partial charge in [-0.1, -0.05) is 34.6 Å². The summed E-state index contributed by atoms with van der Waals surface area (Å²) in [7, 11) is 0. The lowest BCUT2D eigenvalue weighted by atomic mass is 10.1. The molecule has 0 spiro atoms. The van der Waals surface area contributed by atoms with E-state index in [0.29, 0.717) is 6.10 Å². The molecule has 2 unspecified atom stereocenters. The molecule has 0 aromatic carbocycles. The summed E-state index contributed by atoms with van der Waals surface area (Å²) < 4.78 is 5.27. The Morgan fingerprint density at radius 2 is 1.45 bits per heavy atom. The summed E-state index contributed by atoms with van der Waals surface area (Å²) in [5.74, 6) is 0.792. The molecule has 11 heavy (non-hydrogen) atoms. The minimum absolute atomic E-state index is 0.514. The van der Waals surface area contributed by atoms with Gasteiger partial charge in [-0.3, -0.25) is 0 Å². The molecule has 1 saturated heterocycles. The van der Waals surface area contributed by atoms with Gasteiger partial charge in [0.05, 0.1) is 6.10 Å². The third-order valence-electron chi connectivity index (χ3n) is 1.76. The van der Waals surface area contributed by atoms with Gasteiger partial charge in [-0.25, -0.2) is 0 Å². The first-order valence-electron chi connectivity index (χ1n) is 4.92. The van der Waals surface area contributed by atoms with E-state index in [0.717, 1.165) is 12.5 Å². The first kappa shape index (κ1) is 13.5. The van der Waals surface area contributed by atoms with Crippen molar-refractivity contribution in [1.29, 1.82) is 0 Å². The van der Waals surface area contributed by atoms with E-state index in [1.807, 2.05) is 27.7 Å². The lowest BCUT2D eigenvalue weighted by molar-refractivity contribution is 0.109. The van der Waals surface area contributed by atoms with Crippen molar-refractivity contribution in [1.82, 2.24) is 0 Å². The van der Waals surface area contributed by atoms with Crippen LogP contribution in [0.5, 0.6) is 0 Å². The van der Waals surface area contributed by atoms with Crippen molar-refractivity contribution in [3.05, 3.63) is 0 Å². The highest BCUT2D eigenvalue weighted by molar-refractivity contribution is 4.66. The summed E-state index contributed by atoms with van der Waals surface area (Å²) in [4.78, 5) is 0. The molecule has 0 saturated carbocycles. The monoisotopic (exact) mass is 160 g/mol. The topological polar surface area (TPSA) is 9.23 Å². The average Bonchev–Trinajstić information content (AvgIpc) is 2.44. The second-order valence-electron chi connectivity index (χ2n) is 2.34. The SMILES string of the molecule is CC.CC.CC1CCOC1C. The van der Waals surface area contributed by atoms with Crippen molar-refractivity contribution in [2.24, 2.45) is 5.92 Å². The van der Waals surface area contributed by atoms with Gasteiger partial charge in [0.1, 0.15) is 0 Å². The van der Waals surface area contributed by atoms with Gasteiger partial charge in [-0.15, -0.1) is 0 Å². The number of ether oxygens (including phenoxy) is 1. The van der Waals surface area contributed by atoms with Crippen molar-refractivity contribution < 1.29 is 4.74 Å². The van der Waals surface area contributed by atoms with Crippen LogP contribution in [0.2, 0.25) is 0 Å². The first-order chi connectivity index (χ1) is 5.30. The van der Waals surface area contributed by atoms with Crippen molar-refractivity contribution in [2.45, 2.75) is 54.1 Å². The van der Waals surface area contributed by atoms with E-state index in [9.17, 15) is 0 Å². The fourth-order valence-electron chi connectivity index (χ4n) is 0.839. The zero-order valence-corrected chi connectivity index (χ0v) is 8.98. The minimum Gasteiger partial charge on any atom is -0.378 e. The molecule has 1 heteroatoms. The van der Waals surface area contributed by atoms with Gasteiger partial charge in [0.2, 0.25) is 0 Å². The Labute approximate surface area is 72.1 Å². The summed E-state index contributed by atoms with van der Waals surface area (Å²) in [5, 5.41) is 0. The van der Waals surface area contributed by atoms with Crippen LogP contribution in [0, 0.1) is 5.92 Å². The fourth-order valence-corrected chi connectivity index (χ4v) is 0.839. The number of hydrogen-bond acceptors (Lipinski definition) is 1. The summed E-state index contributed by atoms with van der Waals surface area (Å²) in [5.41, 5.74) is 0. The van der Waals surface area contributed by atoms with Gasteiger partial charge in [-0.2, -0.15) is 0 Å². The molecule has 0 amide bonds. The zero-order valence-electron chi connectivity index (χ0n) is 8.98. The maximum Gasteiger partial charge on any atom is 0.0573 e. The van der Waals surface area contributed by atoms with Crippen LogP contribution in [0.15, 0.2) is 0 Å². The van der Waals surface area contributed by atoms with Crippen molar-refractivity contribution in [2.75, 3.05) is 6.61 Å². The molecule has 0 radical (unpaired) electrons. The zero-order chi connectivity index (χ0) is 9.28. The van der Waals surface area contributed by atoms with E-state index < -0.39 is 0 Å². The average molecular weight is 160 g/mol. The molecule has 1 aliphatic heterocycles. The first-order valence-corrected chi connectivity index (χ1v) is 4.92. The Kier molecular flexibility index (Phi) is 12.3. The van der Waals surface area contributed by atoms with Crippen LogP contribution in [-0.2, 0) is 4.74 Å². The Morgan fingerprint density at radius 3 is 1.55 bits per heavy atom. The number of rotatable bonds is 0. The molecule has 0 bridgehead atoms. The van der Waals surface area contributed by atoms with Gasteiger partial charge >= 0.3 is 0 Å². The van der Waals surface area contributed by atoms with E-state index in [2.05, 4.69) is 13.8 Å². The predicted octanol–water partition coefficient (Wildman–Crippen LogP) is 3.48. The Balaban J connectivity index is 0. The molecule has 70 valence electrons. The molecule has 1 rings (SSSR count). The second kappa shape index (κ2) is 9.96. The van der Waals surface area contributed by atoms with Gasteiger partial charge in [0, 0.05) is 6.61 Å². The highest BCUT2D eigenvalue weighted by Gasteiger charge is 2.18. The van der Waals surface area contributed by atoms with E-state index in [1.165, 1.54) is 6.42 Å². The van der Waals surface area contributed by atoms with Crippen LogP contribution in [0.25, 0.3) is 0 Å². The molecule has 0 aromatic heterocycles. The lowest BCUT2D eigenvalue weighted by Crippen LogP contribution is -2.05. The lowest BCUT2D eigenvalue weighted by Gasteiger charge is -2.04. The van der Waals surface area contributed by atoms with Crippen LogP contribution in [0.1, 0.15) is 48.0 Å². The van der Waals surface area contributed by atoms with E-state index >= 15 is 0 Å². The summed E-state index contributed by atoms with van der Waals surface area (Å²) in [6.45, 7) is 13.3. The van der Waals surface area contributed by atoms with Crippen molar-refractivity contribution >= 4 is 0 Å². The molecule has 1 heterocycles. The quantitative estimate of drug-likeness (QED) is 0.527. The largest absolute Gasteiger partial charge is 0.378 e. The number of hydrogen-bond donors (Lipinski definition) is 0. The fraction of sp³-hybridized carbons (Fsp3) is 1.00. The molecule has 0 aliphatic carbocycles. The van der Waals surface area contributed by atoms with Crippen molar-refractivity contribution in [3.63, 3.8) is 0 Å². The standard InChI is InChI=1S/C6H12O.2C2H6/c1-5-3-4-7-6(5)2;2*1-2/h5-6H,3-4H2,1-2H3;2*1-2H3. The molecular formula is C10H24O. The molecular weight excluding hydrogens is 136 g/mol. The molecule has 1 fully saturated rings. The van der Waals surface area contributed by atoms with E-state index in [4.69, 9.17) is 4.74 Å². The molecule has 2 atom stereocenters. The Morgan fingerprint density at radius 1 is 1.00 bits per heavy atom. The Bertz CT molecular complexity index is 53.9. The summed E-state index contributed by atoms with van der Waals surface area (Å²) in [6, 6.07) is 0. The summed E-state index contributed by atoms with van der Waals surface area (Å²) in [6.07, 6.45) is 1.77. The van der Waals surface area contributed by atoms with Gasteiger partial charge in [0.15, 0.2) is 0 Å². The van der Waals surface area contributed by atoms with Gasteiger partial charge < -0.3 is 4.74 Å². The summed E-state index contributed by atoms with van der Waals surface area (Å²) >= 11 is 0. The van der Waals surface area contributed by atoms with E-state index in [-0.39, 0.29) is 0 Å². The minimum atomic E-state index is 0.514. The van der Waals surface area contributed by atoms with Crippen molar-refractivity contribution in [3.8, 4) is 0 Å². The predicted molar refractivity (Wildman–Crippen MR) is 51.9 cm³/mol. The second-order valence-corrected chi connectivity index (χ2v) is 2.34. The third-order valence-corrected chi connectivity index (χ3v) is 1.76. The van der Waals surface area contributed by atoms with Gasteiger partial charge in [-0.05, 0) is 19.3 Å². The highest BCUT2D eigenvalue weighted by Crippen LogP contribution is 2.18. The van der Waals surface area contributed by atoms with E-state index in [1.54, 1.807) is 0 Å². The maximum atomic E-state index is 5.27. The normalized spacial score (nSPS) is 27.8. The molecule has 0 aromatic rings. The molecule has 0 N–H and O–H groups in total. The van der Waals surface area contributed by atoms with Crippen LogP contribution in [-0.4, -0.2) is 12.7 Å². The highest BCUT2D eigenvalue weighted by atomic mass is 16.5. The van der Waals surface area contributed by atoms with Crippen LogP contribution in [0.4, 0.5) is 0 Å². The van der Waals surface area contributed by atoms with Crippen LogP contribution < -0.4 is 0 Å². The van der Waals surface area contributed by atoms with Gasteiger partial charge in [0.25, 0.3) is 0 Å². The maximum absolute atomic E-state index is 5.27. The van der Waals surface area contributed by atoms with Crippen LogP contribution in [0.3, 0.4) is 0 Å². The smallest absolute Gasteiger partial charge is 0.0573 e. The molecule has 1 nitrogen and oxygen atoms in total. The van der Waals surface area contributed by atoms with Crippen LogP contribution >= 0.6 is 0 Å². The Hall–Kier alpha value is -0.0400.